The quantitative estimate of drug-likeness (QED) is 0.424. The number of carbonyl (C=O) groups excluding carboxylic acids is 1. The second-order valence-electron chi connectivity index (χ2n) is 10.4. The molecule has 1 saturated carbocycles. The van der Waals surface area contributed by atoms with Crippen LogP contribution in [-0.4, -0.2) is 40.0 Å². The fraction of sp³-hybridized carbons (Fsp3) is 0.429. The molecule has 0 spiro atoms. The van der Waals surface area contributed by atoms with E-state index >= 15 is 0 Å². The van der Waals surface area contributed by atoms with Crippen LogP contribution in [0.1, 0.15) is 51.2 Å². The molecular formula is C28H34N4O3. The van der Waals surface area contributed by atoms with Gasteiger partial charge in [-0.1, -0.05) is 39.8 Å². The van der Waals surface area contributed by atoms with Gasteiger partial charge in [0.15, 0.2) is 0 Å². The van der Waals surface area contributed by atoms with Crippen molar-refractivity contribution in [2.45, 2.75) is 46.5 Å². The second-order valence-corrected chi connectivity index (χ2v) is 10.4. The molecule has 2 N–H and O–H groups in total. The molecule has 3 aromatic rings. The molecular weight excluding hydrogens is 440 g/mol. The predicted octanol–water partition coefficient (Wildman–Crippen LogP) is 5.12. The van der Waals surface area contributed by atoms with Gasteiger partial charge in [0.05, 0.1) is 34.7 Å². The summed E-state index contributed by atoms with van der Waals surface area (Å²) in [6.45, 7) is 10.5. The summed E-state index contributed by atoms with van der Waals surface area (Å²) >= 11 is 0. The van der Waals surface area contributed by atoms with E-state index in [0.29, 0.717) is 18.3 Å². The number of fused-ring (bicyclic) bond motifs is 1. The van der Waals surface area contributed by atoms with Gasteiger partial charge in [-0.15, -0.1) is 0 Å². The van der Waals surface area contributed by atoms with Crippen LogP contribution >= 0.6 is 0 Å². The minimum Gasteiger partial charge on any atom is -0.481 e. The summed E-state index contributed by atoms with van der Waals surface area (Å²) in [7, 11) is 0. The Bertz CT molecular complexity index is 1210. The average Bonchev–Trinajstić information content (AvgIpc) is 3.59. The molecule has 0 bridgehead atoms. The van der Waals surface area contributed by atoms with Gasteiger partial charge in [-0.2, -0.15) is 0 Å². The lowest BCUT2D eigenvalue weighted by Gasteiger charge is -2.31. The smallest absolute Gasteiger partial charge is 0.307 e. The maximum absolute atomic E-state index is 13.1. The van der Waals surface area contributed by atoms with E-state index in [0.717, 1.165) is 46.6 Å². The maximum atomic E-state index is 13.1. The zero-order valence-corrected chi connectivity index (χ0v) is 20.9. The number of hydrogen-bond acceptors (Lipinski definition) is 5. The van der Waals surface area contributed by atoms with Crippen LogP contribution in [0.2, 0.25) is 0 Å². The Morgan fingerprint density at radius 2 is 1.69 bits per heavy atom. The van der Waals surface area contributed by atoms with Gasteiger partial charge in [0.25, 0.3) is 0 Å². The molecule has 2 aromatic carbocycles. The molecule has 2 atom stereocenters. The molecule has 35 heavy (non-hydrogen) atoms. The summed E-state index contributed by atoms with van der Waals surface area (Å²) in [6, 6.07) is 11.7. The number of rotatable bonds is 10. The first-order valence-electron chi connectivity index (χ1n) is 12.3. The number of hydrogen-bond donors (Lipinski definition) is 2. The minimum atomic E-state index is -0.759. The number of carbonyl (C=O) groups is 2. The fourth-order valence-electron chi connectivity index (χ4n) is 4.65. The summed E-state index contributed by atoms with van der Waals surface area (Å²) in [5.41, 5.74) is 5.09. The Morgan fingerprint density at radius 3 is 2.31 bits per heavy atom. The number of nitrogens with zero attached hydrogens (tertiary/aromatic N) is 3. The lowest BCUT2D eigenvalue weighted by Crippen LogP contribution is -2.32. The summed E-state index contributed by atoms with van der Waals surface area (Å²) in [5, 5.41) is 12.5. The van der Waals surface area contributed by atoms with E-state index < -0.39 is 5.97 Å². The zero-order chi connectivity index (χ0) is 25.1. The van der Waals surface area contributed by atoms with Crippen LogP contribution in [0.15, 0.2) is 48.8 Å². The van der Waals surface area contributed by atoms with Crippen LogP contribution < -0.4 is 10.2 Å². The van der Waals surface area contributed by atoms with Gasteiger partial charge >= 0.3 is 5.97 Å². The van der Waals surface area contributed by atoms with Gasteiger partial charge in [-0.3, -0.25) is 19.6 Å². The third-order valence-electron chi connectivity index (χ3n) is 6.24. The Kier molecular flexibility index (Phi) is 7.34. The normalized spacial score (nSPS) is 17.1. The lowest BCUT2D eigenvalue weighted by atomic mass is 10.0. The number of amides is 1. The zero-order valence-electron chi connectivity index (χ0n) is 20.9. The topological polar surface area (TPSA) is 95.4 Å². The lowest BCUT2D eigenvalue weighted by molar-refractivity contribution is -0.138. The molecule has 1 fully saturated rings. The first kappa shape index (κ1) is 24.6. The van der Waals surface area contributed by atoms with E-state index in [2.05, 4.69) is 47.9 Å². The highest BCUT2D eigenvalue weighted by Crippen LogP contribution is 2.49. The average molecular weight is 475 g/mol. The summed E-state index contributed by atoms with van der Waals surface area (Å²) in [5.74, 6) is -0.312. The largest absolute Gasteiger partial charge is 0.481 e. The Balaban J connectivity index is 1.61. The number of aromatic nitrogens is 2. The van der Waals surface area contributed by atoms with E-state index in [1.807, 2.05) is 36.4 Å². The molecule has 1 amide bonds. The molecule has 0 radical (unpaired) electrons. The molecule has 4 rings (SSSR count). The SMILES string of the molecule is CC(C)CN(CC(C)C)c1ccc(C2C[C@@H]2C(=O)O)cc1NC(=O)Cc1ccc2nccnc2c1. The van der Waals surface area contributed by atoms with Gasteiger partial charge in [0.1, 0.15) is 0 Å². The molecule has 0 saturated heterocycles. The van der Waals surface area contributed by atoms with Gasteiger partial charge < -0.3 is 15.3 Å². The molecule has 1 aromatic heterocycles. The van der Waals surface area contributed by atoms with Crippen molar-refractivity contribution in [1.29, 1.82) is 0 Å². The first-order chi connectivity index (χ1) is 16.7. The third kappa shape index (κ3) is 6.15. The van der Waals surface area contributed by atoms with Crippen LogP contribution in [0, 0.1) is 17.8 Å². The highest BCUT2D eigenvalue weighted by atomic mass is 16.4. The summed E-state index contributed by atoms with van der Waals surface area (Å²) in [4.78, 5) is 35.5. The van der Waals surface area contributed by atoms with Crippen molar-refractivity contribution in [3.63, 3.8) is 0 Å². The van der Waals surface area contributed by atoms with Gasteiger partial charge in [-0.25, -0.2) is 0 Å². The highest BCUT2D eigenvalue weighted by molar-refractivity contribution is 5.96. The van der Waals surface area contributed by atoms with E-state index in [-0.39, 0.29) is 24.2 Å². The van der Waals surface area contributed by atoms with Crippen LogP contribution in [0.3, 0.4) is 0 Å². The minimum absolute atomic E-state index is 0.0000818. The Labute approximate surface area is 206 Å². The van der Waals surface area contributed by atoms with E-state index in [9.17, 15) is 14.7 Å². The van der Waals surface area contributed by atoms with Crippen LogP contribution in [0.25, 0.3) is 11.0 Å². The van der Waals surface area contributed by atoms with E-state index in [1.165, 1.54) is 0 Å². The van der Waals surface area contributed by atoms with Crippen LogP contribution in [0.4, 0.5) is 11.4 Å². The number of benzene rings is 2. The Hall–Kier alpha value is -3.48. The molecule has 7 nitrogen and oxygen atoms in total. The first-order valence-corrected chi connectivity index (χ1v) is 12.3. The second kappa shape index (κ2) is 10.4. The van der Waals surface area contributed by atoms with Crippen molar-refractivity contribution in [2.24, 2.45) is 17.8 Å². The van der Waals surface area contributed by atoms with Crippen molar-refractivity contribution in [3.8, 4) is 0 Å². The Morgan fingerprint density at radius 1 is 1.00 bits per heavy atom. The van der Waals surface area contributed by atoms with Gasteiger partial charge in [0, 0.05) is 25.5 Å². The number of carboxylic acids is 1. The van der Waals surface area contributed by atoms with Crippen molar-refractivity contribution >= 4 is 34.3 Å². The maximum Gasteiger partial charge on any atom is 0.307 e. The number of anilines is 2. The van der Waals surface area contributed by atoms with Gasteiger partial charge in [0.2, 0.25) is 5.91 Å². The molecule has 184 valence electrons. The fourth-order valence-corrected chi connectivity index (χ4v) is 4.65. The molecule has 0 aliphatic heterocycles. The van der Waals surface area contributed by atoms with Gasteiger partial charge in [-0.05, 0) is 59.6 Å². The monoisotopic (exact) mass is 474 g/mol. The molecule has 7 heteroatoms. The molecule has 1 unspecified atom stereocenters. The van der Waals surface area contributed by atoms with Crippen molar-refractivity contribution in [2.75, 3.05) is 23.3 Å². The van der Waals surface area contributed by atoms with Crippen LogP contribution in [0.5, 0.6) is 0 Å². The molecule has 1 aliphatic carbocycles. The third-order valence-corrected chi connectivity index (χ3v) is 6.24. The van der Waals surface area contributed by atoms with Crippen molar-refractivity contribution < 1.29 is 14.7 Å². The standard InChI is InChI=1S/C28H34N4O3/c1-17(2)15-32(16-18(3)4)26-8-6-20(21-14-22(21)28(34)35)13-25(26)31-27(33)12-19-5-7-23-24(11-19)30-10-9-29-23/h5-11,13,17-18,21-22H,12,14-16H2,1-4H3,(H,31,33)(H,34,35)/t21?,22-/m0/s1. The molecule has 1 aliphatic rings. The summed E-state index contributed by atoms with van der Waals surface area (Å²) in [6.07, 6.45) is 4.15. The number of nitrogens with one attached hydrogen (secondary N) is 1. The van der Waals surface area contributed by atoms with Crippen molar-refractivity contribution in [1.82, 2.24) is 9.97 Å². The van der Waals surface area contributed by atoms with E-state index in [1.54, 1.807) is 12.4 Å². The molecule has 1 heterocycles. The van der Waals surface area contributed by atoms with Crippen LogP contribution in [-0.2, 0) is 16.0 Å². The summed E-state index contributed by atoms with van der Waals surface area (Å²) < 4.78 is 0. The predicted molar refractivity (Wildman–Crippen MR) is 139 cm³/mol. The number of aliphatic carboxylic acids is 1. The number of carboxylic acid groups (broad SMARTS) is 1. The van der Waals surface area contributed by atoms with E-state index in [4.69, 9.17) is 0 Å². The highest BCUT2D eigenvalue weighted by Gasteiger charge is 2.44. The van der Waals surface area contributed by atoms with Crippen molar-refractivity contribution in [3.05, 3.63) is 59.9 Å².